The van der Waals surface area contributed by atoms with Gasteiger partial charge in [0.2, 0.25) is 0 Å². The molecule has 5 rings (SSSR count). The molecule has 146 valence electrons. The number of para-hydroxylation sites is 2. The van der Waals surface area contributed by atoms with Crippen LogP contribution in [0.2, 0.25) is 0 Å². The molecule has 0 spiro atoms. The Hall–Kier alpha value is -3.65. The molecule has 0 amide bonds. The number of hydrazone groups is 1. The van der Waals surface area contributed by atoms with E-state index in [1.165, 1.54) is 22.3 Å². The van der Waals surface area contributed by atoms with Crippen molar-refractivity contribution in [2.75, 3.05) is 5.01 Å². The first kappa shape index (κ1) is 18.4. The van der Waals surface area contributed by atoms with Gasteiger partial charge in [0, 0.05) is 5.92 Å². The first-order chi connectivity index (χ1) is 14.8. The van der Waals surface area contributed by atoms with Crippen molar-refractivity contribution in [1.29, 1.82) is 0 Å². The third-order valence-electron chi connectivity index (χ3n) is 5.81. The van der Waals surface area contributed by atoms with Crippen LogP contribution in [-0.2, 0) is 0 Å². The van der Waals surface area contributed by atoms with Crippen molar-refractivity contribution in [3.63, 3.8) is 0 Å². The van der Waals surface area contributed by atoms with E-state index in [9.17, 15) is 0 Å². The highest BCUT2D eigenvalue weighted by atomic mass is 15.5. The molecule has 0 N–H and O–H groups in total. The minimum Gasteiger partial charge on any atom is -0.234 e. The third-order valence-corrected chi connectivity index (χ3v) is 5.81. The topological polar surface area (TPSA) is 15.6 Å². The lowest BCUT2D eigenvalue weighted by molar-refractivity contribution is 0.797. The average Bonchev–Trinajstić information content (AvgIpc) is 3.13. The molecule has 2 heteroatoms. The van der Waals surface area contributed by atoms with Gasteiger partial charge in [-0.2, -0.15) is 5.10 Å². The van der Waals surface area contributed by atoms with Crippen LogP contribution >= 0.6 is 0 Å². The lowest BCUT2D eigenvalue weighted by atomic mass is 9.93. The zero-order valence-electron chi connectivity index (χ0n) is 17.1. The van der Waals surface area contributed by atoms with Gasteiger partial charge in [-0.25, -0.2) is 5.01 Å². The lowest BCUT2D eigenvalue weighted by Crippen LogP contribution is -2.09. The maximum absolute atomic E-state index is 4.87. The summed E-state index contributed by atoms with van der Waals surface area (Å²) in [5.74, 6) is 0.462. The fourth-order valence-electron chi connectivity index (χ4n) is 4.39. The van der Waals surface area contributed by atoms with E-state index in [-0.39, 0.29) is 0 Å². The third kappa shape index (κ3) is 3.31. The summed E-state index contributed by atoms with van der Waals surface area (Å²) in [7, 11) is 0. The van der Waals surface area contributed by atoms with Crippen LogP contribution in [-0.4, -0.2) is 6.21 Å². The monoisotopic (exact) mass is 388 g/mol. The van der Waals surface area contributed by atoms with Gasteiger partial charge >= 0.3 is 0 Å². The van der Waals surface area contributed by atoms with Gasteiger partial charge in [0.05, 0.1) is 17.6 Å². The van der Waals surface area contributed by atoms with E-state index in [0.29, 0.717) is 5.92 Å². The summed E-state index contributed by atoms with van der Waals surface area (Å²) < 4.78 is 0. The molecule has 0 aromatic heterocycles. The molecule has 4 aromatic rings. The van der Waals surface area contributed by atoms with Crippen LogP contribution in [0.3, 0.4) is 0 Å². The van der Waals surface area contributed by atoms with E-state index < -0.39 is 0 Å². The lowest BCUT2D eigenvalue weighted by Gasteiger charge is -2.19. The molecule has 2 nitrogen and oxygen atoms in total. The summed E-state index contributed by atoms with van der Waals surface area (Å²) in [5, 5.41) is 6.85. The number of hydrogen-bond acceptors (Lipinski definition) is 2. The van der Waals surface area contributed by atoms with Gasteiger partial charge in [-0.05, 0) is 64.6 Å². The molecular weight excluding hydrogens is 364 g/mol. The van der Waals surface area contributed by atoms with E-state index in [4.69, 9.17) is 5.10 Å². The van der Waals surface area contributed by atoms with E-state index in [1.807, 2.05) is 47.6 Å². The Kier molecular flexibility index (Phi) is 4.90. The SMILES string of the molecule is CCC1c2ccccc2-c2ccc(C=NN(c3ccccc3)c3ccccc3)cc21. The summed E-state index contributed by atoms with van der Waals surface area (Å²) in [6.07, 6.45) is 3.07. The Morgan fingerprint density at radius 3 is 1.97 bits per heavy atom. The first-order valence-corrected chi connectivity index (χ1v) is 10.5. The smallest absolute Gasteiger partial charge is 0.0652 e. The molecule has 0 fully saturated rings. The highest BCUT2D eigenvalue weighted by Crippen LogP contribution is 2.46. The van der Waals surface area contributed by atoms with Gasteiger partial charge in [-0.3, -0.25) is 0 Å². The Labute approximate surface area is 178 Å². The quantitative estimate of drug-likeness (QED) is 0.257. The molecule has 1 aliphatic carbocycles. The summed E-state index contributed by atoms with van der Waals surface area (Å²) in [5.41, 5.74) is 8.79. The van der Waals surface area contributed by atoms with Gasteiger partial charge in [-0.1, -0.05) is 79.7 Å². The van der Waals surface area contributed by atoms with Crippen LogP contribution in [0.25, 0.3) is 11.1 Å². The maximum Gasteiger partial charge on any atom is 0.0652 e. The van der Waals surface area contributed by atoms with Crippen LogP contribution in [0, 0.1) is 0 Å². The molecule has 0 aliphatic heterocycles. The van der Waals surface area contributed by atoms with Crippen LogP contribution < -0.4 is 5.01 Å². The molecule has 0 radical (unpaired) electrons. The summed E-state index contributed by atoms with van der Waals surface area (Å²) in [6.45, 7) is 2.27. The van der Waals surface area contributed by atoms with Gasteiger partial charge in [0.25, 0.3) is 0 Å². The standard InChI is InChI=1S/C28H24N2/c1-2-24-25-15-9-10-16-26(25)27-18-17-21(19-28(24)27)20-29-30(22-11-5-3-6-12-22)23-13-7-4-8-14-23/h3-20,24H,2H2,1H3. The van der Waals surface area contributed by atoms with Crippen LogP contribution in [0.4, 0.5) is 11.4 Å². The highest BCUT2D eigenvalue weighted by Gasteiger charge is 2.26. The van der Waals surface area contributed by atoms with Gasteiger partial charge < -0.3 is 0 Å². The zero-order chi connectivity index (χ0) is 20.3. The van der Waals surface area contributed by atoms with Crippen LogP contribution in [0.15, 0.2) is 108 Å². The number of fused-ring (bicyclic) bond motifs is 3. The maximum atomic E-state index is 4.87. The molecule has 1 atom stereocenters. The number of benzene rings is 4. The Morgan fingerprint density at radius 1 is 0.700 bits per heavy atom. The summed E-state index contributed by atoms with van der Waals surface area (Å²) in [6, 6.07) is 36.1. The largest absolute Gasteiger partial charge is 0.234 e. The van der Waals surface area contributed by atoms with Gasteiger partial charge in [0.1, 0.15) is 0 Å². The summed E-state index contributed by atoms with van der Waals surface area (Å²) >= 11 is 0. The van der Waals surface area contributed by atoms with E-state index in [0.717, 1.165) is 23.4 Å². The number of nitrogens with zero attached hydrogens (tertiary/aromatic N) is 2. The minimum absolute atomic E-state index is 0.462. The number of rotatable bonds is 5. The minimum atomic E-state index is 0.462. The Balaban J connectivity index is 1.51. The molecule has 30 heavy (non-hydrogen) atoms. The predicted molar refractivity (Wildman–Crippen MR) is 127 cm³/mol. The van der Waals surface area contributed by atoms with Crippen molar-refractivity contribution >= 4 is 17.6 Å². The number of anilines is 2. The average molecular weight is 389 g/mol. The van der Waals surface area contributed by atoms with Gasteiger partial charge in [-0.15, -0.1) is 0 Å². The van der Waals surface area contributed by atoms with Crippen LogP contribution in [0.5, 0.6) is 0 Å². The second-order valence-corrected chi connectivity index (χ2v) is 7.62. The van der Waals surface area contributed by atoms with E-state index in [2.05, 4.69) is 73.7 Å². The van der Waals surface area contributed by atoms with Crippen molar-refractivity contribution < 1.29 is 0 Å². The van der Waals surface area contributed by atoms with Crippen molar-refractivity contribution in [3.05, 3.63) is 120 Å². The van der Waals surface area contributed by atoms with Crippen molar-refractivity contribution in [3.8, 4) is 11.1 Å². The molecule has 4 aromatic carbocycles. The fourth-order valence-corrected chi connectivity index (χ4v) is 4.39. The second-order valence-electron chi connectivity index (χ2n) is 7.62. The Bertz CT molecular complexity index is 1140. The van der Waals surface area contributed by atoms with E-state index >= 15 is 0 Å². The molecule has 0 heterocycles. The molecule has 1 aliphatic rings. The van der Waals surface area contributed by atoms with Gasteiger partial charge in [0.15, 0.2) is 0 Å². The predicted octanol–water partition coefficient (Wildman–Crippen LogP) is 7.38. The summed E-state index contributed by atoms with van der Waals surface area (Å²) in [4.78, 5) is 0. The second kappa shape index (κ2) is 8.00. The molecular formula is C28H24N2. The molecule has 1 unspecified atom stereocenters. The molecule has 0 saturated carbocycles. The normalized spacial score (nSPS) is 14.5. The van der Waals surface area contributed by atoms with Crippen molar-refractivity contribution in [2.24, 2.45) is 5.10 Å². The fraction of sp³-hybridized carbons (Fsp3) is 0.107. The first-order valence-electron chi connectivity index (χ1n) is 10.5. The van der Waals surface area contributed by atoms with Crippen molar-refractivity contribution in [2.45, 2.75) is 19.3 Å². The van der Waals surface area contributed by atoms with Crippen LogP contribution in [0.1, 0.15) is 36.0 Å². The Morgan fingerprint density at radius 2 is 1.30 bits per heavy atom. The van der Waals surface area contributed by atoms with E-state index in [1.54, 1.807) is 0 Å². The molecule has 0 saturated heterocycles. The number of hydrogen-bond donors (Lipinski definition) is 0. The highest BCUT2D eigenvalue weighted by molar-refractivity contribution is 5.86. The zero-order valence-corrected chi connectivity index (χ0v) is 17.1. The molecule has 0 bridgehead atoms. The van der Waals surface area contributed by atoms with Crippen molar-refractivity contribution in [1.82, 2.24) is 0 Å².